The predicted molar refractivity (Wildman–Crippen MR) is 116 cm³/mol. The molecule has 2 fully saturated rings. The zero-order valence-corrected chi connectivity index (χ0v) is 17.1. The second kappa shape index (κ2) is 7.19. The van der Waals surface area contributed by atoms with Crippen LogP contribution in [0.2, 0.25) is 0 Å². The summed E-state index contributed by atoms with van der Waals surface area (Å²) in [6.45, 7) is 5.45. The maximum Gasteiger partial charge on any atom is 0.238 e. The van der Waals surface area contributed by atoms with E-state index < -0.39 is 9.71 Å². The van der Waals surface area contributed by atoms with Gasteiger partial charge in [0.05, 0.1) is 27.2 Å². The lowest BCUT2D eigenvalue weighted by Gasteiger charge is -2.19. The Morgan fingerprint density at radius 3 is 2.24 bits per heavy atom. The second-order valence-corrected chi connectivity index (χ2v) is 9.65. The number of benzene rings is 1. The predicted octanol–water partition coefficient (Wildman–Crippen LogP) is 3.22. The molecule has 1 saturated heterocycles. The van der Waals surface area contributed by atoms with Crippen molar-refractivity contribution in [2.24, 2.45) is 23.7 Å². The molecule has 1 aromatic rings. The van der Waals surface area contributed by atoms with Gasteiger partial charge in [0.2, 0.25) is 11.8 Å². The van der Waals surface area contributed by atoms with E-state index in [1.807, 2.05) is 6.92 Å². The van der Waals surface area contributed by atoms with Crippen molar-refractivity contribution in [2.75, 3.05) is 4.90 Å². The Bertz CT molecular complexity index is 1030. The largest absolute Gasteiger partial charge is 0.310 e. The SMILES string of the molecule is C=C/C=C\C(=C/C)NS(=C)(=O)c1ccc(N2C(=O)C3C4C=CC(C4)C3C2=O)cc1. The molecule has 3 aliphatic rings. The Morgan fingerprint density at radius 2 is 1.72 bits per heavy atom. The quantitative estimate of drug-likeness (QED) is 0.340. The van der Waals surface area contributed by atoms with Crippen LogP contribution in [0, 0.1) is 23.7 Å². The van der Waals surface area contributed by atoms with E-state index in [0.29, 0.717) is 16.3 Å². The fourth-order valence-electron chi connectivity index (χ4n) is 4.58. The lowest BCUT2D eigenvalue weighted by atomic mass is 9.85. The number of fused-ring (bicyclic) bond motifs is 5. The molecular formula is C23H24N2O3S. The topological polar surface area (TPSA) is 66.5 Å². The van der Waals surface area contributed by atoms with E-state index in [1.54, 1.807) is 48.6 Å². The monoisotopic (exact) mass is 408 g/mol. The first-order chi connectivity index (χ1) is 13.9. The molecule has 4 rings (SSSR count). The third-order valence-corrected chi connectivity index (χ3v) is 7.55. The Hall–Kier alpha value is -2.86. The zero-order valence-electron chi connectivity index (χ0n) is 16.3. The summed E-state index contributed by atoms with van der Waals surface area (Å²) in [7, 11) is -2.79. The number of allylic oxidation sites excluding steroid dienone is 6. The van der Waals surface area contributed by atoms with Crippen molar-refractivity contribution in [3.05, 3.63) is 73.0 Å². The standard InChI is InChI=1S/C23H24N2O3S/c1-4-6-7-17(5-2)24-29(3,28)19-12-10-18(11-13-19)25-22(26)20-15-8-9-16(14-15)21(20)23(25)27/h4-13,15-16,20-21H,1,3,14H2,2H3,(H,24,28)/b7-6-,17-5+. The summed E-state index contributed by atoms with van der Waals surface area (Å²) in [6, 6.07) is 6.65. The number of carbonyl (C=O) groups is 2. The minimum Gasteiger partial charge on any atom is -0.310 e. The molecule has 5 atom stereocenters. The van der Waals surface area contributed by atoms with E-state index >= 15 is 0 Å². The van der Waals surface area contributed by atoms with Crippen molar-refractivity contribution >= 4 is 33.1 Å². The Kier molecular flexibility index (Phi) is 4.82. The smallest absolute Gasteiger partial charge is 0.238 e. The number of hydrogen-bond donors (Lipinski definition) is 1. The molecule has 1 heterocycles. The molecule has 2 bridgehead atoms. The molecule has 1 N–H and O–H groups in total. The van der Waals surface area contributed by atoms with Gasteiger partial charge in [0, 0.05) is 10.6 Å². The van der Waals surface area contributed by atoms with E-state index in [0.717, 1.165) is 6.42 Å². The molecule has 2 aliphatic carbocycles. The van der Waals surface area contributed by atoms with Crippen LogP contribution in [0.15, 0.2) is 77.9 Å². The number of imide groups is 1. The van der Waals surface area contributed by atoms with Gasteiger partial charge in [-0.3, -0.25) is 14.5 Å². The van der Waals surface area contributed by atoms with Gasteiger partial charge in [-0.1, -0.05) is 37.0 Å². The van der Waals surface area contributed by atoms with Crippen molar-refractivity contribution in [2.45, 2.75) is 18.2 Å². The molecule has 150 valence electrons. The van der Waals surface area contributed by atoms with Gasteiger partial charge in [0.1, 0.15) is 0 Å². The highest BCUT2D eigenvalue weighted by Gasteiger charge is 2.59. The van der Waals surface area contributed by atoms with E-state index in [9.17, 15) is 13.8 Å². The molecule has 29 heavy (non-hydrogen) atoms. The zero-order chi connectivity index (χ0) is 20.8. The van der Waals surface area contributed by atoms with Crippen molar-refractivity contribution in [1.82, 2.24) is 4.72 Å². The average Bonchev–Trinajstić information content (AvgIpc) is 3.39. The fourth-order valence-corrected chi connectivity index (χ4v) is 5.84. The molecule has 2 amide bonds. The minimum absolute atomic E-state index is 0.121. The maximum atomic E-state index is 13.1. The molecule has 0 radical (unpaired) electrons. The van der Waals surface area contributed by atoms with Gasteiger partial charge in [-0.2, -0.15) is 0 Å². The first-order valence-electron chi connectivity index (χ1n) is 9.64. The van der Waals surface area contributed by atoms with Gasteiger partial charge < -0.3 is 4.72 Å². The number of anilines is 1. The molecule has 0 aromatic heterocycles. The molecule has 5 nitrogen and oxygen atoms in total. The van der Waals surface area contributed by atoms with Crippen LogP contribution in [0.4, 0.5) is 5.69 Å². The molecule has 1 aliphatic heterocycles. The third-order valence-electron chi connectivity index (χ3n) is 5.95. The Balaban J connectivity index is 1.56. The van der Waals surface area contributed by atoms with E-state index in [-0.39, 0.29) is 35.5 Å². The van der Waals surface area contributed by atoms with Crippen LogP contribution in [0.5, 0.6) is 0 Å². The van der Waals surface area contributed by atoms with Crippen LogP contribution in [0.25, 0.3) is 0 Å². The first-order valence-corrected chi connectivity index (χ1v) is 11.4. The molecule has 1 saturated carbocycles. The number of carbonyl (C=O) groups excluding carboxylic acids is 2. The van der Waals surface area contributed by atoms with Crippen molar-refractivity contribution in [1.29, 1.82) is 0 Å². The summed E-state index contributed by atoms with van der Waals surface area (Å²) in [5.41, 5.74) is 1.18. The van der Waals surface area contributed by atoms with Crippen molar-refractivity contribution < 1.29 is 13.8 Å². The number of hydrogen-bond acceptors (Lipinski definition) is 3. The van der Waals surface area contributed by atoms with E-state index in [2.05, 4.69) is 29.3 Å². The maximum absolute atomic E-state index is 13.1. The van der Waals surface area contributed by atoms with Crippen LogP contribution in [0.1, 0.15) is 13.3 Å². The van der Waals surface area contributed by atoms with Crippen LogP contribution >= 0.6 is 0 Å². The molecule has 1 aromatic carbocycles. The molecular weight excluding hydrogens is 384 g/mol. The highest BCUT2D eigenvalue weighted by Crippen LogP contribution is 2.53. The summed E-state index contributed by atoms with van der Waals surface area (Å²) in [5.74, 6) is 3.48. The summed E-state index contributed by atoms with van der Waals surface area (Å²) < 4.78 is 16.0. The minimum atomic E-state index is -2.79. The summed E-state index contributed by atoms with van der Waals surface area (Å²) in [4.78, 5) is 27.6. The first kappa shape index (κ1) is 19.5. The second-order valence-electron chi connectivity index (χ2n) is 7.62. The average molecular weight is 409 g/mol. The Morgan fingerprint density at radius 1 is 1.14 bits per heavy atom. The summed E-state index contributed by atoms with van der Waals surface area (Å²) in [6.07, 6.45) is 12.0. The number of nitrogens with one attached hydrogen (secondary N) is 1. The van der Waals surface area contributed by atoms with Gasteiger partial charge in [0.25, 0.3) is 0 Å². The van der Waals surface area contributed by atoms with Crippen molar-refractivity contribution in [3.8, 4) is 0 Å². The van der Waals surface area contributed by atoms with Crippen LogP contribution in [0.3, 0.4) is 0 Å². The molecule has 0 spiro atoms. The van der Waals surface area contributed by atoms with Crippen LogP contribution in [-0.4, -0.2) is 21.9 Å². The van der Waals surface area contributed by atoms with Crippen molar-refractivity contribution in [3.63, 3.8) is 0 Å². The van der Waals surface area contributed by atoms with Gasteiger partial charge in [0.15, 0.2) is 0 Å². The normalized spacial score (nSPS) is 30.1. The van der Waals surface area contributed by atoms with Gasteiger partial charge >= 0.3 is 0 Å². The van der Waals surface area contributed by atoms with Gasteiger partial charge in [-0.25, -0.2) is 4.21 Å². The van der Waals surface area contributed by atoms with E-state index in [1.165, 1.54) is 4.90 Å². The number of nitrogens with zero attached hydrogens (tertiary/aromatic N) is 1. The van der Waals surface area contributed by atoms with Gasteiger partial charge in [-0.05, 0) is 61.4 Å². The summed E-state index contributed by atoms with van der Waals surface area (Å²) >= 11 is 0. The Labute approximate surface area is 171 Å². The van der Waals surface area contributed by atoms with Gasteiger partial charge in [-0.15, -0.1) is 0 Å². The molecule has 6 heteroatoms. The molecule has 5 unspecified atom stereocenters. The number of rotatable bonds is 6. The highest BCUT2D eigenvalue weighted by atomic mass is 32.2. The third kappa shape index (κ3) is 3.17. The number of amides is 2. The highest BCUT2D eigenvalue weighted by molar-refractivity contribution is 7.98. The lowest BCUT2D eigenvalue weighted by molar-refractivity contribution is -0.123. The van der Waals surface area contributed by atoms with E-state index in [4.69, 9.17) is 0 Å². The summed E-state index contributed by atoms with van der Waals surface area (Å²) in [5, 5.41) is 0. The van der Waals surface area contributed by atoms with Crippen LogP contribution < -0.4 is 9.62 Å². The lowest BCUT2D eigenvalue weighted by Crippen LogP contribution is -2.32. The fraction of sp³-hybridized carbons (Fsp3) is 0.261. The van der Waals surface area contributed by atoms with Crippen LogP contribution in [-0.2, 0) is 19.3 Å².